The van der Waals surface area contributed by atoms with E-state index in [2.05, 4.69) is 22.5 Å². The number of hydrogen-bond acceptors (Lipinski definition) is 3. The van der Waals surface area contributed by atoms with Gasteiger partial charge < -0.3 is 20.2 Å². The predicted molar refractivity (Wildman–Crippen MR) is 104 cm³/mol. The lowest BCUT2D eigenvalue weighted by Crippen LogP contribution is -2.46. The molecule has 1 aromatic heterocycles. The lowest BCUT2D eigenvalue weighted by atomic mass is 9.93. The fourth-order valence-electron chi connectivity index (χ4n) is 2.67. The molecule has 132 valence electrons. The van der Waals surface area contributed by atoms with E-state index >= 15 is 0 Å². The number of unbranched alkanes of at least 4 members (excludes halogenated alkanes) is 1. The normalized spacial score (nSPS) is 21.6. The van der Waals surface area contributed by atoms with Crippen LogP contribution >= 0.6 is 24.0 Å². The Kier molecular flexibility index (Phi) is 10.3. The zero-order valence-corrected chi connectivity index (χ0v) is 16.3. The summed E-state index contributed by atoms with van der Waals surface area (Å²) in [6.45, 7) is 3.83. The third-order valence-electron chi connectivity index (χ3n) is 4.06. The highest BCUT2D eigenvalue weighted by molar-refractivity contribution is 14.0. The number of hydrogen-bond donors (Lipinski definition) is 3. The Morgan fingerprint density at radius 2 is 2.13 bits per heavy atom. The van der Waals surface area contributed by atoms with Gasteiger partial charge in [0.25, 0.3) is 0 Å². The van der Waals surface area contributed by atoms with Crippen molar-refractivity contribution in [2.75, 3.05) is 13.1 Å². The number of nitrogens with one attached hydrogen (secondary N) is 2. The summed E-state index contributed by atoms with van der Waals surface area (Å²) in [6, 6.07) is 4.32. The van der Waals surface area contributed by atoms with Gasteiger partial charge in [0.1, 0.15) is 5.76 Å². The summed E-state index contributed by atoms with van der Waals surface area (Å²) in [6.07, 6.45) is 8.47. The van der Waals surface area contributed by atoms with E-state index in [4.69, 9.17) is 4.42 Å². The number of furan rings is 1. The lowest BCUT2D eigenvalue weighted by molar-refractivity contribution is 0.120. The van der Waals surface area contributed by atoms with E-state index in [-0.39, 0.29) is 30.1 Å². The van der Waals surface area contributed by atoms with Crippen LogP contribution in [-0.2, 0) is 6.42 Å². The minimum atomic E-state index is -0.120. The summed E-state index contributed by atoms with van der Waals surface area (Å²) in [5.74, 6) is 1.88. The minimum absolute atomic E-state index is 0. The molecular formula is C17H30IN3O2. The Morgan fingerprint density at radius 3 is 2.78 bits per heavy atom. The van der Waals surface area contributed by atoms with Crippen LogP contribution in [-0.4, -0.2) is 36.3 Å². The van der Waals surface area contributed by atoms with Gasteiger partial charge in [-0.3, -0.25) is 4.99 Å². The van der Waals surface area contributed by atoms with Gasteiger partial charge in [-0.05, 0) is 44.2 Å². The topological polar surface area (TPSA) is 69.8 Å². The van der Waals surface area contributed by atoms with Crippen molar-refractivity contribution in [3.05, 3.63) is 24.2 Å². The maximum Gasteiger partial charge on any atom is 0.191 e. The minimum Gasteiger partial charge on any atom is -0.469 e. The average Bonchev–Trinajstić information content (AvgIpc) is 3.03. The van der Waals surface area contributed by atoms with Crippen LogP contribution in [0.4, 0.5) is 0 Å². The van der Waals surface area contributed by atoms with Crippen LogP contribution in [0.1, 0.15) is 51.2 Å². The molecule has 0 saturated heterocycles. The van der Waals surface area contributed by atoms with Crippen LogP contribution in [0.5, 0.6) is 0 Å². The van der Waals surface area contributed by atoms with Crippen LogP contribution in [0, 0.1) is 0 Å². The number of nitrogens with zero attached hydrogens (tertiary/aromatic N) is 1. The SMILES string of the molecule is CCCCN=C(NCCc1ccco1)NC1CCC(O)CC1.I. The van der Waals surface area contributed by atoms with Crippen molar-refractivity contribution >= 4 is 29.9 Å². The van der Waals surface area contributed by atoms with E-state index < -0.39 is 0 Å². The molecule has 23 heavy (non-hydrogen) atoms. The van der Waals surface area contributed by atoms with Crippen LogP contribution in [0.3, 0.4) is 0 Å². The zero-order chi connectivity index (χ0) is 15.6. The van der Waals surface area contributed by atoms with Gasteiger partial charge in [0.2, 0.25) is 0 Å². The first-order chi connectivity index (χ1) is 10.8. The molecule has 0 unspecified atom stereocenters. The Labute approximate surface area is 156 Å². The second-order valence-corrected chi connectivity index (χ2v) is 5.99. The smallest absolute Gasteiger partial charge is 0.191 e. The van der Waals surface area contributed by atoms with Crippen molar-refractivity contribution < 1.29 is 9.52 Å². The highest BCUT2D eigenvalue weighted by atomic mass is 127. The number of aliphatic imine (C=N–C) groups is 1. The molecular weight excluding hydrogens is 405 g/mol. The first kappa shape index (κ1) is 20.3. The van der Waals surface area contributed by atoms with Crippen molar-refractivity contribution in [3.8, 4) is 0 Å². The molecule has 1 saturated carbocycles. The molecule has 6 heteroatoms. The Balaban J connectivity index is 0.00000264. The fraction of sp³-hybridized carbons (Fsp3) is 0.706. The van der Waals surface area contributed by atoms with E-state index in [0.717, 1.165) is 69.8 Å². The van der Waals surface area contributed by atoms with E-state index in [1.54, 1.807) is 6.26 Å². The Morgan fingerprint density at radius 1 is 1.35 bits per heavy atom. The van der Waals surface area contributed by atoms with Gasteiger partial charge in [0, 0.05) is 25.6 Å². The van der Waals surface area contributed by atoms with Crippen molar-refractivity contribution in [2.45, 2.75) is 64.0 Å². The van der Waals surface area contributed by atoms with Crippen LogP contribution < -0.4 is 10.6 Å². The second kappa shape index (κ2) is 11.7. The largest absolute Gasteiger partial charge is 0.469 e. The molecule has 1 fully saturated rings. The molecule has 0 bridgehead atoms. The molecule has 0 spiro atoms. The summed E-state index contributed by atoms with van der Waals surface area (Å²) >= 11 is 0. The summed E-state index contributed by atoms with van der Waals surface area (Å²) in [4.78, 5) is 4.65. The lowest BCUT2D eigenvalue weighted by Gasteiger charge is -2.27. The highest BCUT2D eigenvalue weighted by Gasteiger charge is 2.19. The maximum absolute atomic E-state index is 9.60. The van der Waals surface area contributed by atoms with E-state index in [0.29, 0.717) is 6.04 Å². The van der Waals surface area contributed by atoms with Crippen molar-refractivity contribution in [3.63, 3.8) is 0 Å². The standard InChI is InChI=1S/C17H29N3O2.HI/c1-2-3-11-18-17(19-12-10-16-5-4-13-22-16)20-14-6-8-15(21)9-7-14;/h4-5,13-15,21H,2-3,6-12H2,1H3,(H2,18,19,20);1H. The fourth-order valence-corrected chi connectivity index (χ4v) is 2.67. The number of halogens is 1. The van der Waals surface area contributed by atoms with Crippen molar-refractivity contribution in [2.24, 2.45) is 4.99 Å². The van der Waals surface area contributed by atoms with E-state index in [9.17, 15) is 5.11 Å². The molecule has 0 radical (unpaired) electrons. The van der Waals surface area contributed by atoms with Crippen LogP contribution in [0.15, 0.2) is 27.8 Å². The number of guanidine groups is 1. The monoisotopic (exact) mass is 435 g/mol. The zero-order valence-electron chi connectivity index (χ0n) is 14.0. The summed E-state index contributed by atoms with van der Waals surface area (Å²) in [7, 11) is 0. The van der Waals surface area contributed by atoms with Crippen molar-refractivity contribution in [1.29, 1.82) is 0 Å². The highest BCUT2D eigenvalue weighted by Crippen LogP contribution is 2.18. The van der Waals surface area contributed by atoms with Gasteiger partial charge in [-0.2, -0.15) is 0 Å². The Hall–Kier alpha value is -0.760. The van der Waals surface area contributed by atoms with E-state index in [1.807, 2.05) is 12.1 Å². The molecule has 1 heterocycles. The van der Waals surface area contributed by atoms with Gasteiger partial charge >= 0.3 is 0 Å². The third kappa shape index (κ3) is 8.06. The molecule has 2 rings (SSSR count). The molecule has 0 aromatic carbocycles. The van der Waals surface area contributed by atoms with Crippen molar-refractivity contribution in [1.82, 2.24) is 10.6 Å². The summed E-state index contributed by atoms with van der Waals surface area (Å²) in [5.41, 5.74) is 0. The molecule has 1 aliphatic rings. The number of aliphatic hydroxyl groups is 1. The third-order valence-corrected chi connectivity index (χ3v) is 4.06. The van der Waals surface area contributed by atoms with Gasteiger partial charge in [-0.1, -0.05) is 13.3 Å². The molecule has 0 amide bonds. The van der Waals surface area contributed by atoms with Crippen LogP contribution in [0.25, 0.3) is 0 Å². The van der Waals surface area contributed by atoms with Crippen LogP contribution in [0.2, 0.25) is 0 Å². The van der Waals surface area contributed by atoms with Gasteiger partial charge in [0.05, 0.1) is 12.4 Å². The first-order valence-corrected chi connectivity index (χ1v) is 8.53. The quantitative estimate of drug-likeness (QED) is 0.267. The summed E-state index contributed by atoms with van der Waals surface area (Å²) in [5, 5.41) is 16.5. The average molecular weight is 435 g/mol. The molecule has 1 aliphatic carbocycles. The van der Waals surface area contributed by atoms with Gasteiger partial charge in [-0.25, -0.2) is 0 Å². The first-order valence-electron chi connectivity index (χ1n) is 8.53. The Bertz CT molecular complexity index is 429. The molecule has 3 N–H and O–H groups in total. The number of rotatable bonds is 7. The number of aliphatic hydroxyl groups excluding tert-OH is 1. The maximum atomic E-state index is 9.60. The second-order valence-electron chi connectivity index (χ2n) is 5.99. The molecule has 1 aromatic rings. The summed E-state index contributed by atoms with van der Waals surface area (Å²) < 4.78 is 5.35. The molecule has 0 atom stereocenters. The molecule has 5 nitrogen and oxygen atoms in total. The van der Waals surface area contributed by atoms with Gasteiger partial charge in [0.15, 0.2) is 5.96 Å². The molecule has 0 aliphatic heterocycles. The van der Waals surface area contributed by atoms with Gasteiger partial charge in [-0.15, -0.1) is 24.0 Å². The van der Waals surface area contributed by atoms with E-state index in [1.165, 1.54) is 0 Å². The predicted octanol–water partition coefficient (Wildman–Crippen LogP) is 3.08.